The van der Waals surface area contributed by atoms with Crippen LogP contribution in [0.1, 0.15) is 45.1 Å². The Morgan fingerprint density at radius 2 is 1.88 bits per heavy atom. The molecule has 182 valence electrons. The van der Waals surface area contributed by atoms with Crippen molar-refractivity contribution in [3.8, 4) is 0 Å². The molecule has 10 nitrogen and oxygen atoms in total. The van der Waals surface area contributed by atoms with Gasteiger partial charge in [-0.05, 0) is 65.7 Å². The highest BCUT2D eigenvalue weighted by molar-refractivity contribution is 7.89. The summed E-state index contributed by atoms with van der Waals surface area (Å²) in [7, 11) is -7.62. The quantitative estimate of drug-likeness (QED) is 0.623. The first-order valence-corrected chi connectivity index (χ1v) is 13.5. The summed E-state index contributed by atoms with van der Waals surface area (Å²) in [6, 6.07) is 5.96. The van der Waals surface area contributed by atoms with Gasteiger partial charge in [0.1, 0.15) is 10.6 Å². The van der Waals surface area contributed by atoms with Crippen LogP contribution < -0.4 is 10.0 Å². The summed E-state index contributed by atoms with van der Waals surface area (Å²) in [6.45, 7) is 8.62. The number of aryl methyl sites for hydroxylation is 2. The van der Waals surface area contributed by atoms with Gasteiger partial charge in [-0.2, -0.15) is 4.31 Å². The number of nitrogens with zero attached hydrogens (tertiary/aromatic N) is 2. The second-order valence-electron chi connectivity index (χ2n) is 9.23. The van der Waals surface area contributed by atoms with E-state index in [0.29, 0.717) is 25.1 Å². The lowest BCUT2D eigenvalue weighted by Crippen LogP contribution is -2.44. The zero-order chi connectivity index (χ0) is 24.6. The number of rotatable bonds is 6. The maximum Gasteiger partial charge on any atom is 0.248 e. The SMILES string of the molecule is Cc1noc(C)c1S(=O)(=O)N1CCC[C@H](C(=O)Nc2cccc(S(=O)(=O)NC(C)(C)C)c2)C1. The van der Waals surface area contributed by atoms with Gasteiger partial charge >= 0.3 is 0 Å². The fourth-order valence-electron chi connectivity index (χ4n) is 3.79. The molecule has 33 heavy (non-hydrogen) atoms. The number of anilines is 1. The number of benzene rings is 1. The number of carbonyl (C=O) groups is 1. The lowest BCUT2D eigenvalue weighted by molar-refractivity contribution is -0.120. The Balaban J connectivity index is 1.75. The van der Waals surface area contributed by atoms with Crippen molar-refractivity contribution in [3.63, 3.8) is 0 Å². The second kappa shape index (κ2) is 9.16. The van der Waals surface area contributed by atoms with Crippen LogP contribution in [-0.4, -0.2) is 50.8 Å². The zero-order valence-electron chi connectivity index (χ0n) is 19.4. The van der Waals surface area contributed by atoms with Crippen molar-refractivity contribution >= 4 is 31.6 Å². The maximum absolute atomic E-state index is 13.1. The van der Waals surface area contributed by atoms with Crippen molar-refractivity contribution in [3.05, 3.63) is 35.7 Å². The first-order chi connectivity index (χ1) is 15.2. The smallest absolute Gasteiger partial charge is 0.248 e. The van der Waals surface area contributed by atoms with E-state index in [-0.39, 0.29) is 33.7 Å². The Hall–Kier alpha value is -2.28. The molecule has 3 rings (SSSR count). The van der Waals surface area contributed by atoms with Crippen LogP contribution in [0.3, 0.4) is 0 Å². The minimum Gasteiger partial charge on any atom is -0.360 e. The maximum atomic E-state index is 13.1. The molecular weight excluding hydrogens is 468 g/mol. The van der Waals surface area contributed by atoms with Gasteiger partial charge in [-0.25, -0.2) is 21.6 Å². The molecule has 2 heterocycles. The zero-order valence-corrected chi connectivity index (χ0v) is 21.0. The number of hydrogen-bond acceptors (Lipinski definition) is 7. The highest BCUT2D eigenvalue weighted by Gasteiger charge is 2.36. The normalized spacial score (nSPS) is 18.3. The predicted octanol–water partition coefficient (Wildman–Crippen LogP) is 2.41. The van der Waals surface area contributed by atoms with Crippen molar-refractivity contribution in [1.82, 2.24) is 14.2 Å². The molecule has 1 saturated heterocycles. The Morgan fingerprint density at radius 1 is 1.18 bits per heavy atom. The highest BCUT2D eigenvalue weighted by Crippen LogP contribution is 2.28. The number of carbonyl (C=O) groups excluding carboxylic acids is 1. The molecule has 0 aliphatic carbocycles. The number of piperidine rings is 1. The van der Waals surface area contributed by atoms with Crippen LogP contribution in [0, 0.1) is 19.8 Å². The minimum atomic E-state index is -3.85. The average molecular weight is 499 g/mol. The number of nitrogens with one attached hydrogen (secondary N) is 2. The van der Waals surface area contributed by atoms with Gasteiger partial charge in [0.15, 0.2) is 5.76 Å². The first kappa shape index (κ1) is 25.3. The molecule has 1 fully saturated rings. The first-order valence-electron chi connectivity index (χ1n) is 10.6. The number of hydrogen-bond donors (Lipinski definition) is 2. The third-order valence-electron chi connectivity index (χ3n) is 5.17. The van der Waals surface area contributed by atoms with Gasteiger partial charge in [0.25, 0.3) is 0 Å². The summed E-state index contributed by atoms with van der Waals surface area (Å²) in [5.41, 5.74) is -0.0560. The third-order valence-corrected chi connectivity index (χ3v) is 9.04. The van der Waals surface area contributed by atoms with Crippen LogP contribution in [0.4, 0.5) is 5.69 Å². The fraction of sp³-hybridized carbons (Fsp3) is 0.524. The Kier molecular flexibility index (Phi) is 7.04. The van der Waals surface area contributed by atoms with Crippen molar-refractivity contribution in [2.24, 2.45) is 5.92 Å². The highest BCUT2D eigenvalue weighted by atomic mass is 32.2. The molecule has 1 aliphatic heterocycles. The summed E-state index contributed by atoms with van der Waals surface area (Å²) in [4.78, 5) is 13.0. The molecule has 0 bridgehead atoms. The van der Waals surface area contributed by atoms with Gasteiger partial charge in [0, 0.05) is 24.3 Å². The molecule has 2 N–H and O–H groups in total. The summed E-state index contributed by atoms with van der Waals surface area (Å²) in [5, 5.41) is 6.46. The third kappa shape index (κ3) is 5.81. The van der Waals surface area contributed by atoms with E-state index in [0.717, 1.165) is 0 Å². The van der Waals surface area contributed by atoms with Crippen LogP contribution in [0.2, 0.25) is 0 Å². The molecule has 2 aromatic rings. The van der Waals surface area contributed by atoms with Gasteiger partial charge in [-0.15, -0.1) is 0 Å². The second-order valence-corrected chi connectivity index (χ2v) is 12.8. The van der Waals surface area contributed by atoms with Gasteiger partial charge in [-0.1, -0.05) is 11.2 Å². The van der Waals surface area contributed by atoms with E-state index in [9.17, 15) is 21.6 Å². The monoisotopic (exact) mass is 498 g/mol. The molecule has 0 radical (unpaired) electrons. The van der Waals surface area contributed by atoms with Crippen LogP contribution in [0.15, 0.2) is 38.6 Å². The van der Waals surface area contributed by atoms with Gasteiger partial charge in [0.05, 0.1) is 10.8 Å². The Morgan fingerprint density at radius 3 is 2.48 bits per heavy atom. The van der Waals surface area contributed by atoms with Crippen LogP contribution in [0.25, 0.3) is 0 Å². The van der Waals surface area contributed by atoms with E-state index >= 15 is 0 Å². The molecule has 0 unspecified atom stereocenters. The topological polar surface area (TPSA) is 139 Å². The number of aromatic nitrogens is 1. The largest absolute Gasteiger partial charge is 0.360 e. The van der Waals surface area contributed by atoms with Crippen molar-refractivity contribution in [1.29, 1.82) is 0 Å². The Labute approximate surface area is 194 Å². The molecule has 1 aromatic heterocycles. The van der Waals surface area contributed by atoms with Crippen molar-refractivity contribution in [2.75, 3.05) is 18.4 Å². The number of amides is 1. The lowest BCUT2D eigenvalue weighted by Gasteiger charge is -2.31. The molecular formula is C21H30N4O6S2. The number of sulfonamides is 2. The molecule has 1 aromatic carbocycles. The van der Waals surface area contributed by atoms with Crippen molar-refractivity contribution in [2.45, 2.75) is 62.8 Å². The molecule has 1 atom stereocenters. The van der Waals surface area contributed by atoms with Gasteiger partial charge in [-0.3, -0.25) is 4.79 Å². The molecule has 0 saturated carbocycles. The molecule has 0 spiro atoms. The molecule has 12 heteroatoms. The van der Waals surface area contributed by atoms with E-state index in [4.69, 9.17) is 4.52 Å². The standard InChI is InChI=1S/C21H30N4O6S2/c1-14-19(15(2)31-23-14)33(29,30)25-11-7-8-16(13-25)20(26)22-17-9-6-10-18(12-17)32(27,28)24-21(3,4)5/h6,9-10,12,16,24H,7-8,11,13H2,1-5H3,(H,22,26)/t16-/m0/s1. The van der Waals surface area contributed by atoms with Crippen molar-refractivity contribution < 1.29 is 26.2 Å². The molecule has 1 aliphatic rings. The van der Waals surface area contributed by atoms with Crippen LogP contribution in [0.5, 0.6) is 0 Å². The predicted molar refractivity (Wildman–Crippen MR) is 123 cm³/mol. The van der Waals surface area contributed by atoms with E-state index in [1.54, 1.807) is 39.8 Å². The summed E-state index contributed by atoms with van der Waals surface area (Å²) < 4.78 is 60.3. The molecule has 1 amide bonds. The van der Waals surface area contributed by atoms with E-state index in [2.05, 4.69) is 15.2 Å². The van der Waals surface area contributed by atoms with Gasteiger partial charge < -0.3 is 9.84 Å². The van der Waals surface area contributed by atoms with E-state index in [1.165, 1.54) is 23.4 Å². The Bertz CT molecular complexity index is 1230. The van der Waals surface area contributed by atoms with Crippen LogP contribution in [-0.2, 0) is 24.8 Å². The van der Waals surface area contributed by atoms with Crippen LogP contribution >= 0.6 is 0 Å². The summed E-state index contributed by atoms with van der Waals surface area (Å²) in [6.07, 6.45) is 1.04. The fourth-order valence-corrected chi connectivity index (χ4v) is 7.07. The summed E-state index contributed by atoms with van der Waals surface area (Å²) >= 11 is 0. The minimum absolute atomic E-state index is 0.0157. The summed E-state index contributed by atoms with van der Waals surface area (Å²) in [5.74, 6) is -0.741. The van der Waals surface area contributed by atoms with E-state index < -0.39 is 31.5 Å². The van der Waals surface area contributed by atoms with E-state index in [1.807, 2.05) is 0 Å². The van der Waals surface area contributed by atoms with Gasteiger partial charge in [0.2, 0.25) is 26.0 Å². The average Bonchev–Trinajstić information content (AvgIpc) is 3.05. The lowest BCUT2D eigenvalue weighted by atomic mass is 9.99.